The van der Waals surface area contributed by atoms with Crippen LogP contribution in [-0.4, -0.2) is 34.3 Å². The van der Waals surface area contributed by atoms with Gasteiger partial charge in [-0.25, -0.2) is 4.98 Å². The number of hydrogen-bond acceptors (Lipinski definition) is 4. The Balaban J connectivity index is 2.32. The van der Waals surface area contributed by atoms with E-state index in [1.54, 1.807) is 0 Å². The zero-order valence-electron chi connectivity index (χ0n) is 8.27. The third-order valence-electron chi connectivity index (χ3n) is 2.65. The van der Waals surface area contributed by atoms with Crippen molar-refractivity contribution in [3.63, 3.8) is 0 Å². The first kappa shape index (κ1) is 10.9. The predicted molar refractivity (Wildman–Crippen MR) is 65.0 cm³/mol. The molecule has 82 valence electrons. The molecule has 0 saturated carbocycles. The molecule has 0 amide bonds. The van der Waals surface area contributed by atoms with Gasteiger partial charge in [-0.15, -0.1) is 0 Å². The van der Waals surface area contributed by atoms with Crippen LogP contribution in [0.15, 0.2) is 11.1 Å². The van der Waals surface area contributed by atoms with Gasteiger partial charge in [-0.05, 0) is 22.6 Å². The van der Waals surface area contributed by atoms with Gasteiger partial charge in [0.1, 0.15) is 9.39 Å². The van der Waals surface area contributed by atoms with E-state index in [1.165, 1.54) is 6.33 Å². The van der Waals surface area contributed by atoms with Gasteiger partial charge in [0.15, 0.2) is 0 Å². The third-order valence-corrected chi connectivity index (χ3v) is 3.62. The first-order chi connectivity index (χ1) is 7.09. The number of H-pyrrole nitrogens is 1. The Morgan fingerprint density at radius 3 is 3.00 bits per heavy atom. The zero-order valence-corrected chi connectivity index (χ0v) is 10.4. The highest BCUT2D eigenvalue weighted by molar-refractivity contribution is 14.1. The minimum absolute atomic E-state index is 0.130. The highest BCUT2D eigenvalue weighted by Gasteiger charge is 2.29. The first-order valence-electron chi connectivity index (χ1n) is 4.76. The minimum Gasteiger partial charge on any atom is -0.391 e. The van der Waals surface area contributed by atoms with Crippen molar-refractivity contribution in [2.75, 3.05) is 18.0 Å². The fraction of sp³-hybridized carbons (Fsp3) is 0.556. The molecule has 6 heteroatoms. The van der Waals surface area contributed by atoms with Crippen LogP contribution in [-0.2, 0) is 0 Å². The smallest absolute Gasteiger partial charge is 0.266 e. The quantitative estimate of drug-likeness (QED) is 0.725. The summed E-state index contributed by atoms with van der Waals surface area (Å²) in [5, 5.41) is 9.63. The summed E-state index contributed by atoms with van der Waals surface area (Å²) in [5.74, 6) is 0.893. The fourth-order valence-corrected chi connectivity index (χ4v) is 2.35. The number of nitrogens with one attached hydrogen (secondary N) is 1. The number of β-amino-alcohol motifs (C(OH)–C–C–N with tert-alkyl or cyclic N) is 1. The number of aliphatic hydroxyl groups excluding tert-OH is 1. The number of halogens is 1. The van der Waals surface area contributed by atoms with Crippen LogP contribution >= 0.6 is 22.6 Å². The van der Waals surface area contributed by atoms with Crippen molar-refractivity contribution in [1.82, 2.24) is 9.97 Å². The number of aliphatic hydroxyl groups is 1. The lowest BCUT2D eigenvalue weighted by molar-refractivity contribution is 0.157. The molecule has 1 aliphatic heterocycles. The average molecular weight is 321 g/mol. The lowest BCUT2D eigenvalue weighted by Gasteiger charge is -2.17. The second-order valence-electron chi connectivity index (χ2n) is 3.82. The summed E-state index contributed by atoms with van der Waals surface area (Å²) in [6.45, 7) is 3.28. The molecule has 2 heterocycles. The first-order valence-corrected chi connectivity index (χ1v) is 5.83. The van der Waals surface area contributed by atoms with Gasteiger partial charge in [0.05, 0.1) is 12.4 Å². The molecule has 15 heavy (non-hydrogen) atoms. The highest BCUT2D eigenvalue weighted by atomic mass is 127. The van der Waals surface area contributed by atoms with Crippen LogP contribution in [0, 0.1) is 9.49 Å². The van der Waals surface area contributed by atoms with Crippen LogP contribution in [0.5, 0.6) is 0 Å². The molecular formula is C9H12IN3O2. The Kier molecular flexibility index (Phi) is 2.96. The molecule has 0 bridgehead atoms. The fourth-order valence-electron chi connectivity index (χ4n) is 1.72. The Morgan fingerprint density at radius 1 is 1.67 bits per heavy atom. The molecular weight excluding hydrogens is 309 g/mol. The van der Waals surface area contributed by atoms with Crippen LogP contribution < -0.4 is 10.5 Å². The molecule has 5 nitrogen and oxygen atoms in total. The Labute approximate surface area is 101 Å². The van der Waals surface area contributed by atoms with Crippen molar-refractivity contribution in [1.29, 1.82) is 0 Å². The molecule has 1 aromatic heterocycles. The second-order valence-corrected chi connectivity index (χ2v) is 4.90. The lowest BCUT2D eigenvalue weighted by Crippen LogP contribution is -2.26. The van der Waals surface area contributed by atoms with E-state index in [4.69, 9.17) is 0 Å². The number of rotatable bonds is 1. The summed E-state index contributed by atoms with van der Waals surface area (Å²) in [6.07, 6.45) is 1.07. The van der Waals surface area contributed by atoms with Gasteiger partial charge in [-0.2, -0.15) is 0 Å². The van der Waals surface area contributed by atoms with Gasteiger partial charge < -0.3 is 15.0 Å². The average Bonchev–Trinajstić information content (AvgIpc) is 2.51. The second kappa shape index (κ2) is 4.09. The molecule has 0 aliphatic carbocycles. The molecule has 1 saturated heterocycles. The lowest BCUT2D eigenvalue weighted by atomic mass is 10.1. The molecule has 2 atom stereocenters. The van der Waals surface area contributed by atoms with Crippen molar-refractivity contribution in [2.45, 2.75) is 13.0 Å². The molecule has 1 fully saturated rings. The summed E-state index contributed by atoms with van der Waals surface area (Å²) in [4.78, 5) is 20.0. The molecule has 2 rings (SSSR count). The standard InChI is InChI=1S/C9H12IN3O2/c1-5-2-13(3-6(5)14)8-7(10)9(15)12-4-11-8/h4-6,14H,2-3H2,1H3,(H,11,12,15). The maximum Gasteiger partial charge on any atom is 0.266 e. The Bertz CT molecular complexity index is 410. The maximum atomic E-state index is 11.4. The van der Waals surface area contributed by atoms with Gasteiger partial charge in [0.25, 0.3) is 5.56 Å². The monoisotopic (exact) mass is 321 g/mol. The summed E-state index contributed by atoms with van der Waals surface area (Å²) in [6, 6.07) is 0. The Morgan fingerprint density at radius 2 is 2.40 bits per heavy atom. The van der Waals surface area contributed by atoms with Crippen LogP contribution in [0.3, 0.4) is 0 Å². The van der Waals surface area contributed by atoms with Crippen molar-refractivity contribution >= 4 is 28.4 Å². The highest BCUT2D eigenvalue weighted by Crippen LogP contribution is 2.23. The van der Waals surface area contributed by atoms with Gasteiger partial charge in [0.2, 0.25) is 0 Å². The molecule has 1 aliphatic rings. The number of aromatic nitrogens is 2. The van der Waals surface area contributed by atoms with E-state index in [-0.39, 0.29) is 17.6 Å². The predicted octanol–water partition coefficient (Wildman–Crippen LogP) is 0.192. The number of nitrogens with zero attached hydrogens (tertiary/aromatic N) is 2. The van der Waals surface area contributed by atoms with Crippen molar-refractivity contribution in [3.8, 4) is 0 Å². The summed E-state index contributed by atoms with van der Waals surface area (Å²) in [7, 11) is 0. The number of anilines is 1. The minimum atomic E-state index is -0.332. The van der Waals surface area contributed by atoms with E-state index in [0.717, 1.165) is 6.54 Å². The van der Waals surface area contributed by atoms with Gasteiger partial charge in [-0.1, -0.05) is 6.92 Å². The number of aromatic amines is 1. The molecule has 0 spiro atoms. The van der Waals surface area contributed by atoms with Gasteiger partial charge in [-0.3, -0.25) is 4.79 Å². The normalized spacial score (nSPS) is 25.9. The molecule has 2 unspecified atom stereocenters. The van der Waals surface area contributed by atoms with Crippen molar-refractivity contribution < 1.29 is 5.11 Å². The van der Waals surface area contributed by atoms with Crippen LogP contribution in [0.25, 0.3) is 0 Å². The third kappa shape index (κ3) is 2.00. The maximum absolute atomic E-state index is 11.4. The van der Waals surface area contributed by atoms with Crippen LogP contribution in [0.4, 0.5) is 5.82 Å². The van der Waals surface area contributed by atoms with E-state index < -0.39 is 0 Å². The molecule has 0 aromatic carbocycles. The van der Waals surface area contributed by atoms with Crippen molar-refractivity contribution in [3.05, 3.63) is 20.3 Å². The summed E-state index contributed by atoms with van der Waals surface area (Å²) < 4.78 is 0.580. The zero-order chi connectivity index (χ0) is 11.0. The van der Waals surface area contributed by atoms with E-state index in [9.17, 15) is 9.90 Å². The molecule has 0 radical (unpaired) electrons. The molecule has 1 aromatic rings. The van der Waals surface area contributed by atoms with E-state index in [1.807, 2.05) is 34.4 Å². The van der Waals surface area contributed by atoms with Crippen LogP contribution in [0.2, 0.25) is 0 Å². The summed E-state index contributed by atoms with van der Waals surface area (Å²) in [5.41, 5.74) is -0.130. The van der Waals surface area contributed by atoms with E-state index >= 15 is 0 Å². The number of hydrogen-bond donors (Lipinski definition) is 2. The summed E-state index contributed by atoms with van der Waals surface area (Å²) >= 11 is 1.98. The van der Waals surface area contributed by atoms with E-state index in [2.05, 4.69) is 9.97 Å². The van der Waals surface area contributed by atoms with Crippen LogP contribution in [0.1, 0.15) is 6.92 Å². The molecule has 2 N–H and O–H groups in total. The largest absolute Gasteiger partial charge is 0.391 e. The van der Waals surface area contributed by atoms with Crippen molar-refractivity contribution in [2.24, 2.45) is 5.92 Å². The topological polar surface area (TPSA) is 69.2 Å². The van der Waals surface area contributed by atoms with E-state index in [0.29, 0.717) is 15.9 Å². The Hall–Kier alpha value is -0.630. The van der Waals surface area contributed by atoms with Gasteiger partial charge in [0, 0.05) is 19.0 Å². The SMILES string of the molecule is CC1CN(c2nc[nH]c(=O)c2I)CC1O. The van der Waals surface area contributed by atoms with Gasteiger partial charge >= 0.3 is 0 Å².